The van der Waals surface area contributed by atoms with E-state index in [0.29, 0.717) is 6.42 Å². The first-order chi connectivity index (χ1) is 9.22. The second-order valence-electron chi connectivity index (χ2n) is 4.77. The van der Waals surface area contributed by atoms with Crippen LogP contribution in [-0.2, 0) is 0 Å². The predicted molar refractivity (Wildman–Crippen MR) is 82.2 cm³/mol. The number of aliphatic hydroxyl groups excluding tert-OH is 1. The fourth-order valence-electron chi connectivity index (χ4n) is 1.85. The summed E-state index contributed by atoms with van der Waals surface area (Å²) >= 11 is 12.3. The number of aliphatic hydroxyl groups is 1. The number of rotatable bonds is 12. The van der Waals surface area contributed by atoms with Gasteiger partial charge in [0.2, 0.25) is 0 Å². The van der Waals surface area contributed by atoms with Crippen LogP contribution in [0.3, 0.4) is 0 Å². The number of unbranched alkanes of at least 4 members (excludes halogenated alkanes) is 7. The minimum absolute atomic E-state index is 0.274. The Hall–Kier alpha value is -0.230. The molecule has 4 heteroatoms. The number of nitrogens with zero attached hydrogens (tertiary/aromatic N) is 1. The molecule has 0 spiro atoms. The Morgan fingerprint density at radius 1 is 0.789 bits per heavy atom. The van der Waals surface area contributed by atoms with Gasteiger partial charge in [-0.3, -0.25) is 0 Å². The van der Waals surface area contributed by atoms with Gasteiger partial charge in [0.1, 0.15) is 0 Å². The molecular weight excluding hydrogens is 281 g/mol. The molecular formula is C15H25Cl2NO. The smallest absolute Gasteiger partial charge is 0.0621 e. The molecule has 0 aliphatic rings. The Kier molecular flexibility index (Phi) is 14.0. The topological polar surface area (TPSA) is 44.0 Å². The number of hydrogen-bond donors (Lipinski definition) is 1. The fraction of sp³-hybridized carbons (Fsp3) is 0.800. The van der Waals surface area contributed by atoms with E-state index in [-0.39, 0.29) is 6.61 Å². The summed E-state index contributed by atoms with van der Waals surface area (Å²) in [6.07, 6.45) is 10.6. The van der Waals surface area contributed by atoms with Crippen LogP contribution in [0.15, 0.2) is 10.1 Å². The SMILES string of the molecule is N#CCCCCCCC(Cl)=C(Cl)CCCCCCO. The highest BCUT2D eigenvalue weighted by Gasteiger charge is 2.02. The lowest BCUT2D eigenvalue weighted by molar-refractivity contribution is 0.282. The highest BCUT2D eigenvalue weighted by molar-refractivity contribution is 6.39. The molecule has 2 nitrogen and oxygen atoms in total. The van der Waals surface area contributed by atoms with Gasteiger partial charge in [0.15, 0.2) is 0 Å². The van der Waals surface area contributed by atoms with Crippen LogP contribution in [0, 0.1) is 11.3 Å². The maximum Gasteiger partial charge on any atom is 0.0621 e. The van der Waals surface area contributed by atoms with Gasteiger partial charge < -0.3 is 5.11 Å². The van der Waals surface area contributed by atoms with Gasteiger partial charge in [0, 0.05) is 23.1 Å². The van der Waals surface area contributed by atoms with E-state index in [9.17, 15) is 0 Å². The van der Waals surface area contributed by atoms with Crippen molar-refractivity contribution in [1.29, 1.82) is 5.26 Å². The molecule has 0 unspecified atom stereocenters. The van der Waals surface area contributed by atoms with Gasteiger partial charge in [-0.2, -0.15) is 5.26 Å². The molecule has 1 N–H and O–H groups in total. The highest BCUT2D eigenvalue weighted by Crippen LogP contribution is 2.25. The summed E-state index contributed by atoms with van der Waals surface area (Å²) < 4.78 is 0. The molecule has 110 valence electrons. The number of nitriles is 1. The Labute approximate surface area is 127 Å². The third-order valence-electron chi connectivity index (χ3n) is 3.03. The number of hydrogen-bond acceptors (Lipinski definition) is 2. The fourth-order valence-corrected chi connectivity index (χ4v) is 2.31. The van der Waals surface area contributed by atoms with E-state index >= 15 is 0 Å². The lowest BCUT2D eigenvalue weighted by Crippen LogP contribution is -1.86. The summed E-state index contributed by atoms with van der Waals surface area (Å²) in [5.74, 6) is 0. The molecule has 0 aliphatic heterocycles. The van der Waals surface area contributed by atoms with E-state index in [1.807, 2.05) is 0 Å². The summed E-state index contributed by atoms with van der Waals surface area (Å²) in [7, 11) is 0. The van der Waals surface area contributed by atoms with E-state index in [0.717, 1.165) is 74.3 Å². The molecule has 0 fully saturated rings. The normalized spacial score (nSPS) is 12.1. The summed E-state index contributed by atoms with van der Waals surface area (Å²) in [6.45, 7) is 0.274. The summed E-state index contributed by atoms with van der Waals surface area (Å²) in [5.41, 5.74) is 0. The summed E-state index contributed by atoms with van der Waals surface area (Å²) in [6, 6.07) is 2.15. The molecule has 0 heterocycles. The second-order valence-corrected chi connectivity index (χ2v) is 5.68. The van der Waals surface area contributed by atoms with Gasteiger partial charge in [-0.25, -0.2) is 0 Å². The molecule has 0 amide bonds. The quantitative estimate of drug-likeness (QED) is 0.485. The number of allylic oxidation sites excluding steroid dienone is 2. The van der Waals surface area contributed by atoms with E-state index in [1.54, 1.807) is 0 Å². The van der Waals surface area contributed by atoms with Crippen molar-refractivity contribution in [2.45, 2.75) is 70.6 Å². The van der Waals surface area contributed by atoms with Crippen molar-refractivity contribution in [1.82, 2.24) is 0 Å². The van der Waals surface area contributed by atoms with E-state index < -0.39 is 0 Å². The van der Waals surface area contributed by atoms with Crippen LogP contribution < -0.4 is 0 Å². The summed E-state index contributed by atoms with van der Waals surface area (Å²) in [5, 5.41) is 18.7. The molecule has 0 saturated carbocycles. The third kappa shape index (κ3) is 12.5. The Balaban J connectivity index is 3.56. The monoisotopic (exact) mass is 305 g/mol. The van der Waals surface area contributed by atoms with Crippen molar-refractivity contribution in [3.8, 4) is 6.07 Å². The first-order valence-electron chi connectivity index (χ1n) is 7.23. The van der Waals surface area contributed by atoms with Gasteiger partial charge in [0.05, 0.1) is 6.07 Å². The lowest BCUT2D eigenvalue weighted by atomic mass is 10.1. The average Bonchev–Trinajstić information content (AvgIpc) is 2.42. The largest absolute Gasteiger partial charge is 0.396 e. The van der Waals surface area contributed by atoms with Crippen LogP contribution in [0.1, 0.15) is 70.6 Å². The van der Waals surface area contributed by atoms with Gasteiger partial charge in [-0.15, -0.1) is 0 Å². The average molecular weight is 306 g/mol. The molecule has 0 radical (unpaired) electrons. The number of halogens is 2. The molecule has 0 aromatic carbocycles. The maximum atomic E-state index is 8.66. The zero-order valence-electron chi connectivity index (χ0n) is 11.6. The van der Waals surface area contributed by atoms with E-state index in [2.05, 4.69) is 6.07 Å². The zero-order valence-corrected chi connectivity index (χ0v) is 13.1. The van der Waals surface area contributed by atoms with Crippen LogP contribution in [0.25, 0.3) is 0 Å². The van der Waals surface area contributed by atoms with Gasteiger partial charge in [-0.05, 0) is 38.5 Å². The minimum atomic E-state index is 0.274. The third-order valence-corrected chi connectivity index (χ3v) is 3.96. The molecule has 0 rings (SSSR count). The second kappa shape index (κ2) is 14.2. The van der Waals surface area contributed by atoms with Crippen LogP contribution in [0.2, 0.25) is 0 Å². The molecule has 0 aliphatic carbocycles. The van der Waals surface area contributed by atoms with Crippen LogP contribution in [-0.4, -0.2) is 11.7 Å². The van der Waals surface area contributed by atoms with Crippen molar-refractivity contribution < 1.29 is 5.11 Å². The first-order valence-corrected chi connectivity index (χ1v) is 7.98. The standard InChI is InChI=1S/C15H25Cl2NO/c16-14(10-6-2-1-4-8-12-18)15(17)11-7-3-5-9-13-19/h19H,1-11,13H2. The van der Waals surface area contributed by atoms with E-state index in [1.165, 1.54) is 0 Å². The first kappa shape index (κ1) is 18.8. The minimum Gasteiger partial charge on any atom is -0.396 e. The molecule has 0 saturated heterocycles. The van der Waals surface area contributed by atoms with Crippen molar-refractivity contribution in [3.63, 3.8) is 0 Å². The van der Waals surface area contributed by atoms with Crippen molar-refractivity contribution in [2.24, 2.45) is 0 Å². The lowest BCUT2D eigenvalue weighted by Gasteiger charge is -2.04. The Morgan fingerprint density at radius 3 is 1.74 bits per heavy atom. The molecule has 0 aromatic heterocycles. The molecule has 0 aromatic rings. The van der Waals surface area contributed by atoms with Crippen molar-refractivity contribution in [3.05, 3.63) is 10.1 Å². The highest BCUT2D eigenvalue weighted by atomic mass is 35.5. The van der Waals surface area contributed by atoms with Crippen molar-refractivity contribution in [2.75, 3.05) is 6.61 Å². The predicted octanol–water partition coefficient (Wildman–Crippen LogP) is 5.48. The van der Waals surface area contributed by atoms with Crippen LogP contribution in [0.4, 0.5) is 0 Å². The van der Waals surface area contributed by atoms with E-state index in [4.69, 9.17) is 33.6 Å². The zero-order chi connectivity index (χ0) is 14.3. The van der Waals surface area contributed by atoms with Gasteiger partial charge >= 0.3 is 0 Å². The Morgan fingerprint density at radius 2 is 1.26 bits per heavy atom. The van der Waals surface area contributed by atoms with Gasteiger partial charge in [0.25, 0.3) is 0 Å². The summed E-state index contributed by atoms with van der Waals surface area (Å²) in [4.78, 5) is 0. The van der Waals surface area contributed by atoms with Gasteiger partial charge in [-0.1, -0.05) is 48.9 Å². The van der Waals surface area contributed by atoms with Crippen LogP contribution in [0.5, 0.6) is 0 Å². The maximum absolute atomic E-state index is 8.66. The molecule has 19 heavy (non-hydrogen) atoms. The Bertz CT molecular complexity index is 284. The molecule has 0 atom stereocenters. The van der Waals surface area contributed by atoms with Crippen LogP contribution >= 0.6 is 23.2 Å². The van der Waals surface area contributed by atoms with Crippen molar-refractivity contribution >= 4 is 23.2 Å². The molecule has 0 bridgehead atoms.